The maximum atomic E-state index is 12.4. The zero-order valence-electron chi connectivity index (χ0n) is 14.3. The second-order valence-electron chi connectivity index (χ2n) is 6.42. The second-order valence-corrected chi connectivity index (χ2v) is 6.42. The Morgan fingerprint density at radius 2 is 2.04 bits per heavy atom. The van der Waals surface area contributed by atoms with E-state index in [1.807, 2.05) is 0 Å². The molecule has 0 aromatic rings. The summed E-state index contributed by atoms with van der Waals surface area (Å²) in [5, 5.41) is 2.43. The van der Waals surface area contributed by atoms with Crippen LogP contribution in [0.2, 0.25) is 0 Å². The van der Waals surface area contributed by atoms with Gasteiger partial charge < -0.3 is 14.8 Å². The number of alkyl carbamates (subject to hydrolysis) is 1. The van der Waals surface area contributed by atoms with Crippen molar-refractivity contribution >= 4 is 17.8 Å². The minimum atomic E-state index is -0.653. The normalized spacial score (nSPS) is 19.7. The molecule has 130 valence electrons. The molecule has 23 heavy (non-hydrogen) atoms. The highest BCUT2D eigenvalue weighted by Gasteiger charge is 2.37. The Kier molecular flexibility index (Phi) is 6.75. The van der Waals surface area contributed by atoms with E-state index in [1.165, 1.54) is 13.2 Å². The van der Waals surface area contributed by atoms with Gasteiger partial charge in [-0.25, -0.2) is 4.79 Å². The molecule has 0 saturated carbocycles. The zero-order valence-corrected chi connectivity index (χ0v) is 14.3. The molecule has 0 radical (unpaired) electrons. The molecule has 0 aromatic carbocycles. The molecule has 0 spiro atoms. The predicted octanol–water partition coefficient (Wildman–Crippen LogP) is 1.27. The molecule has 1 N–H and O–H groups in total. The average Bonchev–Trinajstić information content (AvgIpc) is 2.92. The molecular formula is C16H26N2O5. The lowest BCUT2D eigenvalue weighted by Crippen LogP contribution is -2.49. The third-order valence-corrected chi connectivity index (χ3v) is 3.48. The molecule has 7 nitrogen and oxygen atoms in total. The number of nitrogens with one attached hydrogen (secondary N) is 1. The molecule has 1 fully saturated rings. The number of carbonyl (C=O) groups excluding carboxylic acids is 3. The Balaban J connectivity index is 2.63. The summed E-state index contributed by atoms with van der Waals surface area (Å²) in [6.45, 7) is 9.32. The monoisotopic (exact) mass is 326 g/mol. The summed E-state index contributed by atoms with van der Waals surface area (Å²) in [7, 11) is 1.33. The fourth-order valence-electron chi connectivity index (χ4n) is 2.54. The molecule has 1 aliphatic rings. The van der Waals surface area contributed by atoms with Gasteiger partial charge in [0.2, 0.25) is 0 Å². The van der Waals surface area contributed by atoms with Crippen molar-refractivity contribution in [1.29, 1.82) is 0 Å². The van der Waals surface area contributed by atoms with Crippen LogP contribution in [0.4, 0.5) is 4.79 Å². The first-order chi connectivity index (χ1) is 10.7. The molecule has 1 aliphatic heterocycles. The first-order valence-corrected chi connectivity index (χ1v) is 7.65. The van der Waals surface area contributed by atoms with Crippen LogP contribution in [0.5, 0.6) is 0 Å². The van der Waals surface area contributed by atoms with Gasteiger partial charge in [0.15, 0.2) is 5.78 Å². The third-order valence-electron chi connectivity index (χ3n) is 3.48. The highest BCUT2D eigenvalue weighted by molar-refractivity contribution is 5.90. The number of likely N-dealkylation sites (tertiary alicyclic amines) is 1. The highest BCUT2D eigenvalue weighted by Crippen LogP contribution is 2.22. The summed E-state index contributed by atoms with van der Waals surface area (Å²) >= 11 is 0. The molecule has 0 aromatic heterocycles. The predicted molar refractivity (Wildman–Crippen MR) is 85.0 cm³/mol. The summed E-state index contributed by atoms with van der Waals surface area (Å²) in [6, 6.07) is -1.09. The fourth-order valence-corrected chi connectivity index (χ4v) is 2.54. The zero-order chi connectivity index (χ0) is 17.6. The van der Waals surface area contributed by atoms with E-state index in [1.54, 1.807) is 25.7 Å². The number of rotatable bonds is 6. The van der Waals surface area contributed by atoms with Crippen LogP contribution in [0.15, 0.2) is 12.7 Å². The maximum Gasteiger partial charge on any atom is 0.408 e. The summed E-state index contributed by atoms with van der Waals surface area (Å²) in [5.41, 5.74) is -0.629. The van der Waals surface area contributed by atoms with E-state index in [4.69, 9.17) is 9.47 Å². The second kappa shape index (κ2) is 8.10. The molecular weight excluding hydrogens is 300 g/mol. The number of hydrogen-bond acceptors (Lipinski definition) is 6. The number of nitrogens with zero attached hydrogens (tertiary/aromatic N) is 1. The van der Waals surface area contributed by atoms with Gasteiger partial charge in [-0.1, -0.05) is 6.08 Å². The largest absolute Gasteiger partial charge is 0.468 e. The fraction of sp³-hybridized carbons (Fsp3) is 0.688. The Hall–Kier alpha value is -1.89. The third kappa shape index (κ3) is 5.67. The van der Waals surface area contributed by atoms with Crippen LogP contribution in [0.1, 0.15) is 33.6 Å². The van der Waals surface area contributed by atoms with Gasteiger partial charge in [0, 0.05) is 6.54 Å². The lowest BCUT2D eigenvalue weighted by atomic mass is 10.1. The van der Waals surface area contributed by atoms with E-state index in [-0.39, 0.29) is 18.3 Å². The Bertz CT molecular complexity index is 470. The van der Waals surface area contributed by atoms with Gasteiger partial charge in [0.25, 0.3) is 0 Å². The van der Waals surface area contributed by atoms with Crippen molar-refractivity contribution in [2.45, 2.75) is 51.3 Å². The smallest absolute Gasteiger partial charge is 0.408 e. The minimum Gasteiger partial charge on any atom is -0.468 e. The summed E-state index contributed by atoms with van der Waals surface area (Å²) < 4.78 is 9.86. The van der Waals surface area contributed by atoms with E-state index >= 15 is 0 Å². The summed E-state index contributed by atoms with van der Waals surface area (Å²) in [6.07, 6.45) is 2.28. The van der Waals surface area contributed by atoms with Gasteiger partial charge in [0.05, 0.1) is 19.7 Å². The number of amides is 1. The molecule has 2 atom stereocenters. The number of carbonyl (C=O) groups is 3. The standard InChI is InChI=1S/C16H26N2O5/c1-6-11(18-9-7-8-12(18)14(20)22-5)13(19)10-17-15(21)23-16(2,3)4/h6,11-12H,1,7-10H2,2-5H3,(H,17,21). The number of ketones is 1. The molecule has 1 rings (SSSR count). The van der Waals surface area contributed by atoms with Gasteiger partial charge in [-0.15, -0.1) is 6.58 Å². The molecule has 2 unspecified atom stereocenters. The molecule has 1 heterocycles. The molecule has 7 heteroatoms. The first-order valence-electron chi connectivity index (χ1n) is 7.65. The van der Waals surface area contributed by atoms with Crippen molar-refractivity contribution in [2.75, 3.05) is 20.2 Å². The number of methoxy groups -OCH3 is 1. The highest BCUT2D eigenvalue weighted by atomic mass is 16.6. The lowest BCUT2D eigenvalue weighted by Gasteiger charge is -2.28. The number of ether oxygens (including phenoxy) is 2. The van der Waals surface area contributed by atoms with Gasteiger partial charge >= 0.3 is 12.1 Å². The van der Waals surface area contributed by atoms with Crippen LogP contribution in [0.3, 0.4) is 0 Å². The van der Waals surface area contributed by atoms with E-state index < -0.39 is 23.8 Å². The van der Waals surface area contributed by atoms with Crippen molar-refractivity contribution in [3.63, 3.8) is 0 Å². The van der Waals surface area contributed by atoms with Crippen molar-refractivity contribution in [2.24, 2.45) is 0 Å². The molecule has 0 aliphatic carbocycles. The first kappa shape index (κ1) is 19.2. The Labute approximate surface area is 137 Å². The summed E-state index contributed by atoms with van der Waals surface area (Å²) in [5.74, 6) is -0.607. The van der Waals surface area contributed by atoms with Crippen LogP contribution in [0.25, 0.3) is 0 Å². The lowest BCUT2D eigenvalue weighted by molar-refractivity contribution is -0.146. The van der Waals surface area contributed by atoms with Crippen molar-refractivity contribution in [3.05, 3.63) is 12.7 Å². The Morgan fingerprint density at radius 1 is 1.39 bits per heavy atom. The van der Waals surface area contributed by atoms with E-state index in [0.717, 1.165) is 6.42 Å². The van der Waals surface area contributed by atoms with E-state index in [9.17, 15) is 14.4 Å². The quantitative estimate of drug-likeness (QED) is 0.584. The van der Waals surface area contributed by atoms with Crippen molar-refractivity contribution < 1.29 is 23.9 Å². The number of esters is 1. The van der Waals surface area contributed by atoms with Crippen LogP contribution in [0, 0.1) is 0 Å². The van der Waals surface area contributed by atoms with Gasteiger partial charge in [-0.2, -0.15) is 0 Å². The number of hydrogen-bond donors (Lipinski definition) is 1. The van der Waals surface area contributed by atoms with E-state index in [2.05, 4.69) is 11.9 Å². The topological polar surface area (TPSA) is 84.9 Å². The van der Waals surface area contributed by atoms with Crippen LogP contribution in [-0.4, -0.2) is 60.6 Å². The van der Waals surface area contributed by atoms with Gasteiger partial charge in [0.1, 0.15) is 11.6 Å². The maximum absolute atomic E-state index is 12.4. The molecule has 0 bridgehead atoms. The molecule has 1 amide bonds. The average molecular weight is 326 g/mol. The minimum absolute atomic E-state index is 0.185. The van der Waals surface area contributed by atoms with E-state index in [0.29, 0.717) is 13.0 Å². The van der Waals surface area contributed by atoms with Crippen LogP contribution >= 0.6 is 0 Å². The van der Waals surface area contributed by atoms with Crippen LogP contribution in [-0.2, 0) is 19.1 Å². The molecule has 1 saturated heterocycles. The van der Waals surface area contributed by atoms with Crippen molar-refractivity contribution in [1.82, 2.24) is 10.2 Å². The number of Topliss-reactive ketones (excluding diaryl/α,β-unsaturated/α-hetero) is 1. The van der Waals surface area contributed by atoms with Gasteiger partial charge in [-0.05, 0) is 33.6 Å². The van der Waals surface area contributed by atoms with Crippen molar-refractivity contribution in [3.8, 4) is 0 Å². The van der Waals surface area contributed by atoms with Gasteiger partial charge in [-0.3, -0.25) is 14.5 Å². The Morgan fingerprint density at radius 3 is 2.57 bits per heavy atom. The summed E-state index contributed by atoms with van der Waals surface area (Å²) in [4.78, 5) is 37.5. The van der Waals surface area contributed by atoms with Crippen LogP contribution < -0.4 is 5.32 Å². The SMILES string of the molecule is C=CC(C(=O)CNC(=O)OC(C)(C)C)N1CCCC1C(=O)OC.